The molecule has 15 nitrogen and oxygen atoms in total. The van der Waals surface area contributed by atoms with Crippen LogP contribution in [0.4, 0.5) is 11.6 Å². The highest BCUT2D eigenvalue weighted by molar-refractivity contribution is 7.60. The van der Waals surface area contributed by atoms with Crippen LogP contribution in [-0.4, -0.2) is 35.5 Å². The van der Waals surface area contributed by atoms with Gasteiger partial charge in [0.2, 0.25) is 5.82 Å². The molecule has 0 spiro atoms. The van der Waals surface area contributed by atoms with Crippen molar-refractivity contribution < 1.29 is 37.6 Å². The summed E-state index contributed by atoms with van der Waals surface area (Å²) in [6.45, 7) is 0. The maximum Gasteiger partial charge on any atom is 0.540 e. The number of guanidine groups is 1. The van der Waals surface area contributed by atoms with Crippen LogP contribution in [-0.2, 0) is 13.4 Å². The Labute approximate surface area is 114 Å². The van der Waals surface area contributed by atoms with Gasteiger partial charge in [0.15, 0.2) is 5.96 Å². The average molecular weight is 346 g/mol. The van der Waals surface area contributed by atoms with E-state index in [4.69, 9.17) is 25.8 Å². The van der Waals surface area contributed by atoms with Gasteiger partial charge in [0.1, 0.15) is 0 Å². The van der Waals surface area contributed by atoms with Crippen molar-refractivity contribution in [1.29, 1.82) is 5.41 Å². The first-order chi connectivity index (χ1) is 9.39. The molecule has 0 aromatic carbocycles. The number of H-pyrrole nitrogens is 1. The molecule has 0 bridgehead atoms. The van der Waals surface area contributed by atoms with Gasteiger partial charge in [-0.15, -0.1) is 0 Å². The molecule has 0 radical (unpaired) electrons. The first-order valence-electron chi connectivity index (χ1n) is 4.54. The summed E-state index contributed by atoms with van der Waals surface area (Å²) in [5.41, 5.74) is 4.94. The molecule has 0 saturated heterocycles. The summed E-state index contributed by atoms with van der Waals surface area (Å²) in [5.74, 6) is -2.22. The molecule has 118 valence electrons. The van der Waals surface area contributed by atoms with Crippen molar-refractivity contribution in [2.45, 2.75) is 0 Å². The van der Waals surface area contributed by atoms with E-state index >= 15 is 0 Å². The van der Waals surface area contributed by atoms with E-state index in [0.29, 0.717) is 0 Å². The topological polar surface area (TPSA) is 247 Å². The standard InChI is InChI=1S/C4H8N6O9P2/c5-3(6)7-1-2(10(11)12)9-4(8-1)18-21(16,17)19-20(13,14)15/h(H,8,9)(H,16,17)(H4,5,6,7)(H2,13,14,15). The lowest BCUT2D eigenvalue weighted by Crippen LogP contribution is -2.21. The van der Waals surface area contributed by atoms with Crippen LogP contribution in [0.25, 0.3) is 0 Å². The van der Waals surface area contributed by atoms with Crippen molar-refractivity contribution in [2.24, 2.45) is 5.73 Å². The molecule has 1 unspecified atom stereocenters. The van der Waals surface area contributed by atoms with Crippen LogP contribution in [0.15, 0.2) is 0 Å². The summed E-state index contributed by atoms with van der Waals surface area (Å²) >= 11 is 0. The summed E-state index contributed by atoms with van der Waals surface area (Å²) in [7, 11) is -10.7. The molecule has 1 heterocycles. The number of anilines is 1. The van der Waals surface area contributed by atoms with E-state index in [1.807, 2.05) is 10.3 Å². The summed E-state index contributed by atoms with van der Waals surface area (Å²) in [6, 6.07) is -0.968. The number of imidazole rings is 1. The van der Waals surface area contributed by atoms with Gasteiger partial charge in [-0.1, -0.05) is 0 Å². The predicted octanol–water partition coefficient (Wildman–Crippen LogP) is -0.788. The molecule has 1 aromatic rings. The molecule has 1 atom stereocenters. The lowest BCUT2D eigenvalue weighted by Gasteiger charge is -2.09. The number of nitrogens with two attached hydrogens (primary N) is 1. The molecule has 0 aliphatic carbocycles. The molecule has 1 aromatic heterocycles. The van der Waals surface area contributed by atoms with Crippen LogP contribution in [0.1, 0.15) is 0 Å². The Bertz CT molecular complexity index is 663. The molecule has 8 N–H and O–H groups in total. The van der Waals surface area contributed by atoms with Crippen LogP contribution in [0, 0.1) is 15.5 Å². The van der Waals surface area contributed by atoms with Crippen LogP contribution >= 0.6 is 15.6 Å². The van der Waals surface area contributed by atoms with Gasteiger partial charge < -0.3 is 35.5 Å². The molecule has 0 saturated carbocycles. The number of aromatic amines is 1. The Hall–Kier alpha value is -2.02. The molecule has 0 aliphatic heterocycles. The first kappa shape index (κ1) is 17.0. The summed E-state index contributed by atoms with van der Waals surface area (Å²) in [5, 5.41) is 19.5. The van der Waals surface area contributed by atoms with Gasteiger partial charge in [-0.3, -0.25) is 15.3 Å². The molecule has 1 rings (SSSR count). The quantitative estimate of drug-likeness (QED) is 0.110. The molecule has 17 heteroatoms. The van der Waals surface area contributed by atoms with Gasteiger partial charge in [0, 0.05) is 4.98 Å². The number of nitro groups is 1. The van der Waals surface area contributed by atoms with Gasteiger partial charge in [-0.25, -0.2) is 9.13 Å². The summed E-state index contributed by atoms with van der Waals surface area (Å²) < 4.78 is 29.2. The minimum absolute atomic E-state index is 0.557. The van der Waals surface area contributed by atoms with E-state index in [1.165, 1.54) is 0 Å². The van der Waals surface area contributed by atoms with Crippen LogP contribution < -0.4 is 15.6 Å². The third-order valence-electron chi connectivity index (χ3n) is 1.51. The minimum Gasteiger partial charge on any atom is -0.370 e. The Balaban J connectivity index is 3.04. The van der Waals surface area contributed by atoms with Crippen LogP contribution in [0.5, 0.6) is 6.01 Å². The second-order valence-electron chi connectivity index (χ2n) is 3.17. The maximum atomic E-state index is 11.2. The fourth-order valence-electron chi connectivity index (χ4n) is 1.00. The Morgan fingerprint density at radius 2 is 2.05 bits per heavy atom. The van der Waals surface area contributed by atoms with E-state index in [-0.39, 0.29) is 0 Å². The van der Waals surface area contributed by atoms with E-state index in [2.05, 4.69) is 13.8 Å². The van der Waals surface area contributed by atoms with Crippen molar-refractivity contribution >= 4 is 33.2 Å². The lowest BCUT2D eigenvalue weighted by atomic mass is 10.6. The van der Waals surface area contributed by atoms with Crippen molar-refractivity contribution in [3.05, 3.63) is 10.1 Å². The van der Waals surface area contributed by atoms with E-state index < -0.39 is 44.2 Å². The molecule has 0 aliphatic rings. The smallest absolute Gasteiger partial charge is 0.370 e. The van der Waals surface area contributed by atoms with Crippen molar-refractivity contribution in [1.82, 2.24) is 9.97 Å². The van der Waals surface area contributed by atoms with Gasteiger partial charge >= 0.3 is 27.5 Å². The van der Waals surface area contributed by atoms with Gasteiger partial charge in [0.05, 0.1) is 0 Å². The lowest BCUT2D eigenvalue weighted by molar-refractivity contribution is -0.388. The van der Waals surface area contributed by atoms with E-state index in [0.717, 1.165) is 0 Å². The van der Waals surface area contributed by atoms with Crippen molar-refractivity contribution in [3.63, 3.8) is 0 Å². The van der Waals surface area contributed by atoms with E-state index in [9.17, 15) is 19.2 Å². The zero-order valence-electron chi connectivity index (χ0n) is 9.66. The molecule has 0 amide bonds. The van der Waals surface area contributed by atoms with Crippen molar-refractivity contribution in [3.8, 4) is 6.01 Å². The number of nitrogens with zero attached hydrogens (tertiary/aromatic N) is 2. The number of hydrogen-bond donors (Lipinski definition) is 7. The number of nitrogens with one attached hydrogen (secondary N) is 3. The maximum absolute atomic E-state index is 11.2. The Kier molecular flexibility index (Phi) is 4.68. The fraction of sp³-hybridized carbons (Fsp3) is 0. The third-order valence-corrected chi connectivity index (χ3v) is 3.59. The van der Waals surface area contributed by atoms with Gasteiger partial charge in [-0.05, 0) is 4.92 Å². The number of hydrogen-bond acceptors (Lipinski definition) is 8. The van der Waals surface area contributed by atoms with Crippen LogP contribution in [0.2, 0.25) is 0 Å². The molecular formula is C4H8N6O9P2. The minimum atomic E-state index is -5.35. The molecule has 21 heavy (non-hydrogen) atoms. The van der Waals surface area contributed by atoms with Crippen molar-refractivity contribution in [2.75, 3.05) is 5.32 Å². The fourth-order valence-corrected chi connectivity index (χ4v) is 2.51. The highest BCUT2D eigenvalue weighted by Crippen LogP contribution is 2.57. The molecular weight excluding hydrogens is 338 g/mol. The monoisotopic (exact) mass is 346 g/mol. The van der Waals surface area contributed by atoms with Crippen LogP contribution in [0.3, 0.4) is 0 Å². The van der Waals surface area contributed by atoms with Gasteiger partial charge in [-0.2, -0.15) is 4.31 Å². The van der Waals surface area contributed by atoms with E-state index in [1.54, 1.807) is 0 Å². The number of phosphoric acid groups is 2. The Morgan fingerprint density at radius 1 is 1.48 bits per heavy atom. The number of phosphoric ester groups is 1. The zero-order chi connectivity index (χ0) is 16.4. The second-order valence-corrected chi connectivity index (χ2v) is 5.92. The second kappa shape index (κ2) is 5.77. The molecule has 0 fully saturated rings. The third kappa shape index (κ3) is 5.47. The average Bonchev–Trinajstić information content (AvgIpc) is 2.54. The highest BCUT2D eigenvalue weighted by atomic mass is 31.3. The number of aromatic nitrogens is 2. The normalized spacial score (nSPS) is 14.2. The Morgan fingerprint density at radius 3 is 2.48 bits per heavy atom. The SMILES string of the molecule is N=C(N)Nc1[nH]c(OP(=O)(O)OP(=O)(O)O)nc1[N+](=O)[O-]. The first-order valence-corrected chi connectivity index (χ1v) is 7.57. The number of rotatable bonds is 6. The largest absolute Gasteiger partial charge is 0.540 e. The van der Waals surface area contributed by atoms with Gasteiger partial charge in [0.25, 0.3) is 0 Å². The summed E-state index contributed by atoms with van der Waals surface area (Å²) in [6.07, 6.45) is 0. The zero-order valence-corrected chi connectivity index (χ0v) is 11.4. The summed E-state index contributed by atoms with van der Waals surface area (Å²) in [4.78, 5) is 40.5. The predicted molar refractivity (Wildman–Crippen MR) is 64.4 cm³/mol. The highest BCUT2D eigenvalue weighted by Gasteiger charge is 2.37.